The maximum atomic E-state index is 11.9. The Kier molecular flexibility index (Phi) is 7.48. The number of hydrogen-bond donors (Lipinski definition) is 2. The highest BCUT2D eigenvalue weighted by Gasteiger charge is 2.11. The second kappa shape index (κ2) is 9.11. The summed E-state index contributed by atoms with van der Waals surface area (Å²) in [5.74, 6) is -0.462. The average molecular weight is 331 g/mol. The van der Waals surface area contributed by atoms with Gasteiger partial charge in [-0.1, -0.05) is 11.6 Å². The molecule has 0 aliphatic heterocycles. The summed E-state index contributed by atoms with van der Waals surface area (Å²) < 4.78 is 10.3. The van der Waals surface area contributed by atoms with E-state index in [1.165, 1.54) is 11.9 Å². The summed E-state index contributed by atoms with van der Waals surface area (Å²) in [4.78, 5) is 23.6. The molecule has 0 radical (unpaired) electrons. The zero-order chi connectivity index (χ0) is 16.5. The van der Waals surface area contributed by atoms with Crippen molar-refractivity contribution < 1.29 is 24.2 Å². The number of carboxylic acid groups (broad SMARTS) is 1. The first-order valence-corrected chi connectivity index (χ1v) is 6.97. The predicted molar refractivity (Wildman–Crippen MR) is 82.7 cm³/mol. The molecule has 0 saturated carbocycles. The van der Waals surface area contributed by atoms with Crippen LogP contribution >= 0.6 is 11.6 Å². The Morgan fingerprint density at radius 2 is 2.09 bits per heavy atom. The standard InChI is InChI=1S/C14H19ClN2O5/c1-17(6-5-13(18)19)14(20)16-10-3-4-12(11(15)9-10)22-8-7-21-2/h3-4,9H,5-8H2,1-2H3,(H,16,20)(H,18,19). The van der Waals surface area contributed by atoms with Crippen LogP contribution in [-0.4, -0.2) is 55.9 Å². The van der Waals surface area contributed by atoms with E-state index in [2.05, 4.69) is 5.32 Å². The molecule has 7 nitrogen and oxygen atoms in total. The number of rotatable bonds is 8. The molecule has 0 fully saturated rings. The van der Waals surface area contributed by atoms with E-state index < -0.39 is 12.0 Å². The highest BCUT2D eigenvalue weighted by Crippen LogP contribution is 2.27. The average Bonchev–Trinajstić information content (AvgIpc) is 2.47. The second-order valence-corrected chi connectivity index (χ2v) is 4.89. The maximum Gasteiger partial charge on any atom is 0.321 e. The van der Waals surface area contributed by atoms with Gasteiger partial charge in [0, 0.05) is 26.4 Å². The number of carboxylic acids is 1. The van der Waals surface area contributed by atoms with Crippen LogP contribution in [0.3, 0.4) is 0 Å². The van der Waals surface area contributed by atoms with Crippen LogP contribution in [-0.2, 0) is 9.53 Å². The van der Waals surface area contributed by atoms with E-state index in [1.54, 1.807) is 25.3 Å². The van der Waals surface area contributed by atoms with E-state index in [-0.39, 0.29) is 13.0 Å². The predicted octanol–water partition coefficient (Wildman–Crippen LogP) is 2.30. The highest BCUT2D eigenvalue weighted by atomic mass is 35.5. The van der Waals surface area contributed by atoms with E-state index in [0.717, 1.165) is 0 Å². The van der Waals surface area contributed by atoms with Crippen molar-refractivity contribution >= 4 is 29.3 Å². The smallest absolute Gasteiger partial charge is 0.321 e. The Labute approximate surface area is 133 Å². The number of anilines is 1. The van der Waals surface area contributed by atoms with Gasteiger partial charge < -0.3 is 24.8 Å². The van der Waals surface area contributed by atoms with Gasteiger partial charge in [-0.25, -0.2) is 4.79 Å². The third kappa shape index (κ3) is 6.19. The fourth-order valence-electron chi connectivity index (χ4n) is 1.51. The minimum absolute atomic E-state index is 0.114. The third-order valence-electron chi connectivity index (χ3n) is 2.74. The van der Waals surface area contributed by atoms with Crippen LogP contribution in [0.15, 0.2) is 18.2 Å². The van der Waals surface area contributed by atoms with E-state index in [4.69, 9.17) is 26.2 Å². The number of carbonyl (C=O) groups excluding carboxylic acids is 1. The third-order valence-corrected chi connectivity index (χ3v) is 3.03. The molecule has 0 aliphatic rings. The van der Waals surface area contributed by atoms with Crippen molar-refractivity contribution in [1.29, 1.82) is 0 Å². The van der Waals surface area contributed by atoms with Gasteiger partial charge in [0.2, 0.25) is 0 Å². The van der Waals surface area contributed by atoms with E-state index in [1.807, 2.05) is 0 Å². The molecular formula is C14H19ClN2O5. The van der Waals surface area contributed by atoms with Crippen molar-refractivity contribution in [2.24, 2.45) is 0 Å². The number of benzene rings is 1. The first-order chi connectivity index (χ1) is 10.4. The SMILES string of the molecule is COCCOc1ccc(NC(=O)N(C)CCC(=O)O)cc1Cl. The largest absolute Gasteiger partial charge is 0.490 e. The topological polar surface area (TPSA) is 88.1 Å². The first-order valence-electron chi connectivity index (χ1n) is 6.59. The van der Waals surface area contributed by atoms with Crippen molar-refractivity contribution in [3.05, 3.63) is 23.2 Å². The summed E-state index contributed by atoms with van der Waals surface area (Å²) in [6, 6.07) is 4.44. The van der Waals surface area contributed by atoms with Crippen molar-refractivity contribution in [2.75, 3.05) is 39.2 Å². The van der Waals surface area contributed by atoms with Crippen LogP contribution in [0.1, 0.15) is 6.42 Å². The molecule has 2 amide bonds. The van der Waals surface area contributed by atoms with Crippen molar-refractivity contribution in [3.8, 4) is 5.75 Å². The number of urea groups is 1. The molecule has 0 aliphatic carbocycles. The highest BCUT2D eigenvalue weighted by molar-refractivity contribution is 6.32. The van der Waals surface area contributed by atoms with Crippen molar-refractivity contribution in [1.82, 2.24) is 4.90 Å². The Bertz CT molecular complexity index is 524. The molecule has 2 N–H and O–H groups in total. The lowest BCUT2D eigenvalue weighted by Crippen LogP contribution is -2.33. The lowest BCUT2D eigenvalue weighted by Gasteiger charge is -2.17. The second-order valence-electron chi connectivity index (χ2n) is 4.48. The molecule has 8 heteroatoms. The number of amides is 2. The molecule has 1 aromatic rings. The van der Waals surface area contributed by atoms with Crippen LogP contribution in [0.5, 0.6) is 5.75 Å². The lowest BCUT2D eigenvalue weighted by molar-refractivity contribution is -0.137. The summed E-state index contributed by atoms with van der Waals surface area (Å²) in [5, 5.41) is 11.6. The summed E-state index contributed by atoms with van der Waals surface area (Å²) in [6.45, 7) is 0.941. The quantitative estimate of drug-likeness (QED) is 0.714. The molecule has 0 heterocycles. The van der Waals surface area contributed by atoms with E-state index >= 15 is 0 Å². The number of nitrogens with one attached hydrogen (secondary N) is 1. The van der Waals surface area contributed by atoms with Gasteiger partial charge in [-0.05, 0) is 18.2 Å². The number of ether oxygens (including phenoxy) is 2. The fraction of sp³-hybridized carbons (Fsp3) is 0.429. The molecule has 0 spiro atoms. The molecule has 0 aromatic heterocycles. The lowest BCUT2D eigenvalue weighted by atomic mass is 10.3. The number of halogens is 1. The molecule has 22 heavy (non-hydrogen) atoms. The molecule has 1 aromatic carbocycles. The summed E-state index contributed by atoms with van der Waals surface area (Å²) in [5.41, 5.74) is 0.497. The molecular weight excluding hydrogens is 312 g/mol. The molecule has 1 rings (SSSR count). The minimum Gasteiger partial charge on any atom is -0.490 e. The van der Waals surface area contributed by atoms with Crippen LogP contribution < -0.4 is 10.1 Å². The van der Waals surface area contributed by atoms with Crippen LogP contribution in [0, 0.1) is 0 Å². The van der Waals surface area contributed by atoms with Gasteiger partial charge in [0.1, 0.15) is 12.4 Å². The van der Waals surface area contributed by atoms with Crippen LogP contribution in [0.25, 0.3) is 0 Å². The molecule has 0 saturated heterocycles. The molecule has 0 bridgehead atoms. The number of methoxy groups -OCH3 is 1. The number of hydrogen-bond acceptors (Lipinski definition) is 4. The zero-order valence-electron chi connectivity index (χ0n) is 12.5. The summed E-state index contributed by atoms with van der Waals surface area (Å²) in [6.07, 6.45) is -0.114. The zero-order valence-corrected chi connectivity index (χ0v) is 13.2. The summed E-state index contributed by atoms with van der Waals surface area (Å²) >= 11 is 6.07. The Balaban J connectivity index is 2.57. The number of carbonyl (C=O) groups is 2. The Morgan fingerprint density at radius 3 is 2.68 bits per heavy atom. The summed E-state index contributed by atoms with van der Waals surface area (Å²) in [7, 11) is 3.09. The maximum absolute atomic E-state index is 11.9. The van der Waals surface area contributed by atoms with Crippen molar-refractivity contribution in [2.45, 2.75) is 6.42 Å². The fourth-order valence-corrected chi connectivity index (χ4v) is 1.75. The van der Waals surface area contributed by atoms with Crippen LogP contribution in [0.4, 0.5) is 10.5 Å². The normalized spacial score (nSPS) is 10.1. The van der Waals surface area contributed by atoms with Gasteiger partial charge in [-0.3, -0.25) is 4.79 Å². The van der Waals surface area contributed by atoms with Gasteiger partial charge in [-0.2, -0.15) is 0 Å². The molecule has 122 valence electrons. The van der Waals surface area contributed by atoms with E-state index in [9.17, 15) is 9.59 Å². The number of nitrogens with zero attached hydrogens (tertiary/aromatic N) is 1. The van der Waals surface area contributed by atoms with Gasteiger partial charge in [0.25, 0.3) is 0 Å². The Hall–Kier alpha value is -1.99. The molecule has 0 unspecified atom stereocenters. The van der Waals surface area contributed by atoms with Gasteiger partial charge in [-0.15, -0.1) is 0 Å². The van der Waals surface area contributed by atoms with Crippen LogP contribution in [0.2, 0.25) is 5.02 Å². The number of aliphatic carboxylic acids is 1. The first kappa shape index (κ1) is 18.1. The van der Waals surface area contributed by atoms with Gasteiger partial charge in [0.15, 0.2) is 0 Å². The van der Waals surface area contributed by atoms with Crippen molar-refractivity contribution in [3.63, 3.8) is 0 Å². The Morgan fingerprint density at radius 1 is 1.36 bits per heavy atom. The van der Waals surface area contributed by atoms with E-state index in [0.29, 0.717) is 29.7 Å². The monoisotopic (exact) mass is 330 g/mol. The van der Waals surface area contributed by atoms with Gasteiger partial charge >= 0.3 is 12.0 Å². The van der Waals surface area contributed by atoms with Gasteiger partial charge in [0.05, 0.1) is 18.1 Å². The minimum atomic E-state index is -0.958. The molecule has 0 atom stereocenters.